The van der Waals surface area contributed by atoms with Crippen LogP contribution >= 0.6 is 0 Å². The molecule has 0 unspecified atom stereocenters. The zero-order chi connectivity index (χ0) is 7.98. The summed E-state index contributed by atoms with van der Waals surface area (Å²) in [5, 5.41) is 0. The second-order valence-corrected chi connectivity index (χ2v) is 3.04. The van der Waals surface area contributed by atoms with Crippen molar-refractivity contribution in [3.05, 3.63) is 24.3 Å². The lowest BCUT2D eigenvalue weighted by atomic mass is 10.1. The lowest BCUT2D eigenvalue weighted by Gasteiger charge is -1.96. The standard InChI is InChI=1S/C10H18/c1-5-10(4)8-6-7-9(2)3/h6,8-9H,4-5,7H2,1-3H3. The number of hydrogen-bond acceptors (Lipinski definition) is 0. The Hall–Kier alpha value is -0.520. The Kier molecular flexibility index (Phi) is 5.00. The molecule has 0 saturated carbocycles. The summed E-state index contributed by atoms with van der Waals surface area (Å²) in [7, 11) is 0. The van der Waals surface area contributed by atoms with Crippen LogP contribution < -0.4 is 0 Å². The molecule has 0 aromatic rings. The number of rotatable bonds is 4. The maximum absolute atomic E-state index is 3.88. The van der Waals surface area contributed by atoms with Gasteiger partial charge in [0, 0.05) is 0 Å². The van der Waals surface area contributed by atoms with Crippen LogP contribution in [0.4, 0.5) is 0 Å². The Bertz CT molecular complexity index is 118. The van der Waals surface area contributed by atoms with Crippen molar-refractivity contribution in [3.8, 4) is 0 Å². The molecule has 0 radical (unpaired) electrons. The van der Waals surface area contributed by atoms with Crippen LogP contribution in [0.5, 0.6) is 0 Å². The summed E-state index contributed by atoms with van der Waals surface area (Å²) in [5.74, 6) is 0.765. The van der Waals surface area contributed by atoms with Crippen LogP contribution in [-0.2, 0) is 0 Å². The summed E-state index contributed by atoms with van der Waals surface area (Å²) in [6.45, 7) is 10.5. The van der Waals surface area contributed by atoms with E-state index in [9.17, 15) is 0 Å². The molecular weight excluding hydrogens is 120 g/mol. The van der Waals surface area contributed by atoms with Crippen molar-refractivity contribution in [2.75, 3.05) is 0 Å². The van der Waals surface area contributed by atoms with Crippen molar-refractivity contribution >= 4 is 0 Å². The quantitative estimate of drug-likeness (QED) is 0.521. The van der Waals surface area contributed by atoms with Crippen molar-refractivity contribution in [1.29, 1.82) is 0 Å². The van der Waals surface area contributed by atoms with Crippen molar-refractivity contribution in [3.63, 3.8) is 0 Å². The third-order valence-electron chi connectivity index (χ3n) is 1.42. The summed E-state index contributed by atoms with van der Waals surface area (Å²) in [6.07, 6.45) is 6.56. The Balaban J connectivity index is 3.46. The van der Waals surface area contributed by atoms with Crippen LogP contribution in [-0.4, -0.2) is 0 Å². The van der Waals surface area contributed by atoms with Gasteiger partial charge in [0.25, 0.3) is 0 Å². The van der Waals surface area contributed by atoms with Crippen LogP contribution in [0.15, 0.2) is 24.3 Å². The molecule has 0 nitrogen and oxygen atoms in total. The van der Waals surface area contributed by atoms with E-state index in [0.717, 1.165) is 12.3 Å². The van der Waals surface area contributed by atoms with Crippen LogP contribution in [0.1, 0.15) is 33.6 Å². The van der Waals surface area contributed by atoms with Crippen molar-refractivity contribution in [2.45, 2.75) is 33.6 Å². The predicted molar refractivity (Wildman–Crippen MR) is 48.0 cm³/mol. The van der Waals surface area contributed by atoms with E-state index in [1.54, 1.807) is 0 Å². The first-order valence-corrected chi connectivity index (χ1v) is 4.01. The fraction of sp³-hybridized carbons (Fsp3) is 0.600. The summed E-state index contributed by atoms with van der Waals surface area (Å²) in [4.78, 5) is 0. The number of allylic oxidation sites excluding steroid dienone is 3. The molecular formula is C10H18. The number of hydrogen-bond donors (Lipinski definition) is 0. The molecule has 0 N–H and O–H groups in total. The molecule has 0 bridgehead atoms. The monoisotopic (exact) mass is 138 g/mol. The van der Waals surface area contributed by atoms with Gasteiger partial charge in [-0.05, 0) is 18.8 Å². The van der Waals surface area contributed by atoms with Gasteiger partial charge in [0.2, 0.25) is 0 Å². The molecule has 10 heavy (non-hydrogen) atoms. The molecule has 0 aliphatic rings. The van der Waals surface area contributed by atoms with Gasteiger partial charge in [-0.1, -0.05) is 45.1 Å². The zero-order valence-corrected chi connectivity index (χ0v) is 7.35. The predicted octanol–water partition coefficient (Wildman–Crippen LogP) is 3.55. The normalized spacial score (nSPS) is 11.2. The third-order valence-corrected chi connectivity index (χ3v) is 1.42. The molecule has 0 amide bonds. The van der Waals surface area contributed by atoms with Gasteiger partial charge < -0.3 is 0 Å². The van der Waals surface area contributed by atoms with E-state index in [0.29, 0.717) is 0 Å². The molecule has 0 aliphatic heterocycles. The average Bonchev–Trinajstić information content (AvgIpc) is 1.87. The first kappa shape index (κ1) is 9.48. The van der Waals surface area contributed by atoms with E-state index >= 15 is 0 Å². The van der Waals surface area contributed by atoms with Crippen LogP contribution in [0.25, 0.3) is 0 Å². The first-order valence-electron chi connectivity index (χ1n) is 4.01. The summed E-state index contributed by atoms with van der Waals surface area (Å²) in [6, 6.07) is 0. The SMILES string of the molecule is C=C(C=CCC(C)C)CC. The van der Waals surface area contributed by atoms with Crippen molar-refractivity contribution < 1.29 is 0 Å². The van der Waals surface area contributed by atoms with E-state index < -0.39 is 0 Å². The minimum absolute atomic E-state index is 0.765. The second-order valence-electron chi connectivity index (χ2n) is 3.04. The van der Waals surface area contributed by atoms with Crippen LogP contribution in [0.3, 0.4) is 0 Å². The molecule has 0 saturated heterocycles. The Morgan fingerprint density at radius 3 is 2.50 bits per heavy atom. The van der Waals surface area contributed by atoms with Gasteiger partial charge in [0.15, 0.2) is 0 Å². The molecule has 0 aromatic heterocycles. The van der Waals surface area contributed by atoms with Crippen LogP contribution in [0.2, 0.25) is 0 Å². The second kappa shape index (κ2) is 5.28. The molecule has 0 aliphatic carbocycles. The molecule has 58 valence electrons. The van der Waals surface area contributed by atoms with E-state index in [-0.39, 0.29) is 0 Å². The molecule has 0 heteroatoms. The highest BCUT2D eigenvalue weighted by molar-refractivity contribution is 5.13. The van der Waals surface area contributed by atoms with E-state index in [1.807, 2.05) is 0 Å². The smallest absolute Gasteiger partial charge is 0.0313 e. The minimum Gasteiger partial charge on any atom is -0.0959 e. The topological polar surface area (TPSA) is 0 Å². The molecule has 0 fully saturated rings. The molecule has 0 heterocycles. The highest BCUT2D eigenvalue weighted by atomic mass is 13.9. The van der Waals surface area contributed by atoms with Gasteiger partial charge in [0.1, 0.15) is 0 Å². The fourth-order valence-corrected chi connectivity index (χ4v) is 0.625. The molecule has 0 aromatic carbocycles. The highest BCUT2D eigenvalue weighted by Crippen LogP contribution is 2.03. The summed E-state index contributed by atoms with van der Waals surface area (Å²) < 4.78 is 0. The van der Waals surface area contributed by atoms with Gasteiger partial charge in [-0.3, -0.25) is 0 Å². The molecule has 0 atom stereocenters. The Labute approximate surface area is 64.6 Å². The van der Waals surface area contributed by atoms with E-state index in [4.69, 9.17) is 0 Å². The summed E-state index contributed by atoms with van der Waals surface area (Å²) >= 11 is 0. The first-order chi connectivity index (χ1) is 4.66. The average molecular weight is 138 g/mol. The van der Waals surface area contributed by atoms with E-state index in [2.05, 4.69) is 39.5 Å². The van der Waals surface area contributed by atoms with Crippen molar-refractivity contribution in [1.82, 2.24) is 0 Å². The molecule has 0 rings (SSSR count). The van der Waals surface area contributed by atoms with Gasteiger partial charge in [-0.15, -0.1) is 0 Å². The minimum atomic E-state index is 0.765. The lowest BCUT2D eigenvalue weighted by Crippen LogP contribution is -1.81. The largest absolute Gasteiger partial charge is 0.0959 e. The fourth-order valence-electron chi connectivity index (χ4n) is 0.625. The zero-order valence-electron chi connectivity index (χ0n) is 7.35. The van der Waals surface area contributed by atoms with Gasteiger partial charge in [-0.2, -0.15) is 0 Å². The van der Waals surface area contributed by atoms with Gasteiger partial charge in [0.05, 0.1) is 0 Å². The Morgan fingerprint density at radius 2 is 2.10 bits per heavy atom. The maximum Gasteiger partial charge on any atom is -0.0313 e. The molecule has 0 spiro atoms. The van der Waals surface area contributed by atoms with E-state index in [1.165, 1.54) is 12.0 Å². The van der Waals surface area contributed by atoms with Gasteiger partial charge in [-0.25, -0.2) is 0 Å². The van der Waals surface area contributed by atoms with Crippen LogP contribution in [0, 0.1) is 5.92 Å². The Morgan fingerprint density at radius 1 is 1.50 bits per heavy atom. The summed E-state index contributed by atoms with van der Waals surface area (Å²) in [5.41, 5.74) is 1.22. The maximum atomic E-state index is 3.88. The van der Waals surface area contributed by atoms with Gasteiger partial charge >= 0.3 is 0 Å². The highest BCUT2D eigenvalue weighted by Gasteiger charge is 1.87. The van der Waals surface area contributed by atoms with Crippen molar-refractivity contribution in [2.24, 2.45) is 5.92 Å². The lowest BCUT2D eigenvalue weighted by molar-refractivity contribution is 0.663. The third kappa shape index (κ3) is 5.61.